The van der Waals surface area contributed by atoms with Crippen LogP contribution >= 0.6 is 0 Å². The van der Waals surface area contributed by atoms with Gasteiger partial charge < -0.3 is 9.88 Å². The first-order valence-electron chi connectivity index (χ1n) is 7.75. The van der Waals surface area contributed by atoms with E-state index in [4.69, 9.17) is 0 Å². The molecule has 2 N–H and O–H groups in total. The highest BCUT2D eigenvalue weighted by molar-refractivity contribution is 5.93. The Kier molecular flexibility index (Phi) is 3.26. The van der Waals surface area contributed by atoms with Crippen molar-refractivity contribution in [3.63, 3.8) is 0 Å². The number of aryl methyl sites for hydroxylation is 1. The van der Waals surface area contributed by atoms with Gasteiger partial charge in [-0.3, -0.25) is 9.89 Å². The van der Waals surface area contributed by atoms with E-state index < -0.39 is 0 Å². The predicted octanol–water partition coefficient (Wildman–Crippen LogP) is 2.31. The maximum atomic E-state index is 12.4. The number of hydrogen-bond donors (Lipinski definition) is 2. The third-order valence-electron chi connectivity index (χ3n) is 4.41. The zero-order valence-corrected chi connectivity index (χ0v) is 12.9. The zero-order chi connectivity index (χ0) is 15.8. The highest BCUT2D eigenvalue weighted by Gasteiger charge is 2.23. The second kappa shape index (κ2) is 5.43. The van der Waals surface area contributed by atoms with Gasteiger partial charge in [0.2, 0.25) is 0 Å². The van der Waals surface area contributed by atoms with Crippen LogP contribution in [-0.4, -0.2) is 26.7 Å². The van der Waals surface area contributed by atoms with Crippen LogP contribution < -0.4 is 5.32 Å². The summed E-state index contributed by atoms with van der Waals surface area (Å²) in [7, 11) is 1.96. The van der Waals surface area contributed by atoms with Crippen molar-refractivity contribution >= 4 is 5.91 Å². The summed E-state index contributed by atoms with van der Waals surface area (Å²) in [4.78, 5) is 12.4. The molecule has 23 heavy (non-hydrogen) atoms. The fraction of sp³-hybridized carbons (Fsp3) is 0.222. The molecular formula is C18H18N4O. The van der Waals surface area contributed by atoms with Crippen LogP contribution in [0.15, 0.2) is 48.7 Å². The van der Waals surface area contributed by atoms with Crippen LogP contribution in [-0.2, 0) is 19.9 Å². The van der Waals surface area contributed by atoms with E-state index in [2.05, 4.69) is 27.6 Å². The molecule has 2 heterocycles. The molecule has 1 aliphatic rings. The van der Waals surface area contributed by atoms with Gasteiger partial charge >= 0.3 is 0 Å². The molecule has 0 aliphatic heterocycles. The number of rotatable bonds is 3. The lowest BCUT2D eigenvalue weighted by Gasteiger charge is -2.10. The summed E-state index contributed by atoms with van der Waals surface area (Å²) in [6.45, 7) is 0. The number of carbonyl (C=O) groups excluding carboxylic acids is 1. The van der Waals surface area contributed by atoms with Gasteiger partial charge in [0.1, 0.15) is 11.4 Å². The van der Waals surface area contributed by atoms with Gasteiger partial charge in [0.25, 0.3) is 5.91 Å². The van der Waals surface area contributed by atoms with Crippen molar-refractivity contribution in [3.05, 3.63) is 65.5 Å². The van der Waals surface area contributed by atoms with E-state index in [9.17, 15) is 4.79 Å². The van der Waals surface area contributed by atoms with E-state index >= 15 is 0 Å². The van der Waals surface area contributed by atoms with Crippen molar-refractivity contribution in [1.29, 1.82) is 0 Å². The number of aromatic amines is 1. The van der Waals surface area contributed by atoms with E-state index in [-0.39, 0.29) is 11.9 Å². The normalized spacial score (nSPS) is 14.0. The first-order valence-corrected chi connectivity index (χ1v) is 7.75. The minimum absolute atomic E-state index is 0.101. The summed E-state index contributed by atoms with van der Waals surface area (Å²) >= 11 is 0. The summed E-state index contributed by atoms with van der Waals surface area (Å²) in [5, 5.41) is 10.2. The highest BCUT2D eigenvalue weighted by Crippen LogP contribution is 2.22. The molecule has 0 spiro atoms. The Morgan fingerprint density at radius 2 is 1.96 bits per heavy atom. The van der Waals surface area contributed by atoms with Crippen LogP contribution in [0.25, 0.3) is 11.4 Å². The highest BCUT2D eigenvalue weighted by atomic mass is 16.2. The van der Waals surface area contributed by atoms with E-state index in [1.807, 2.05) is 42.1 Å². The average Bonchev–Trinajstić information content (AvgIpc) is 3.24. The number of amides is 1. The Labute approximate surface area is 134 Å². The summed E-state index contributed by atoms with van der Waals surface area (Å²) in [6, 6.07) is 14.2. The Balaban J connectivity index is 1.47. The van der Waals surface area contributed by atoms with Crippen molar-refractivity contribution in [3.8, 4) is 11.4 Å². The largest absolute Gasteiger partial charge is 0.349 e. The fourth-order valence-corrected chi connectivity index (χ4v) is 3.22. The van der Waals surface area contributed by atoms with Gasteiger partial charge in [0, 0.05) is 19.3 Å². The smallest absolute Gasteiger partial charge is 0.269 e. The molecule has 4 rings (SSSR count). The molecular weight excluding hydrogens is 288 g/mol. The number of carbonyl (C=O) groups is 1. The first kappa shape index (κ1) is 13.8. The van der Waals surface area contributed by atoms with Crippen LogP contribution in [0.2, 0.25) is 0 Å². The van der Waals surface area contributed by atoms with Gasteiger partial charge in [-0.25, -0.2) is 0 Å². The van der Waals surface area contributed by atoms with Crippen LogP contribution in [0, 0.1) is 0 Å². The second-order valence-corrected chi connectivity index (χ2v) is 6.02. The van der Waals surface area contributed by atoms with Crippen molar-refractivity contribution in [1.82, 2.24) is 20.1 Å². The molecule has 116 valence electrons. The molecule has 1 aromatic carbocycles. The van der Waals surface area contributed by atoms with Crippen molar-refractivity contribution in [2.45, 2.75) is 18.9 Å². The molecule has 0 radical (unpaired) electrons. The quantitative estimate of drug-likeness (QED) is 0.780. The molecule has 0 atom stereocenters. The summed E-state index contributed by atoms with van der Waals surface area (Å²) < 4.78 is 1.98. The number of aromatic nitrogens is 3. The van der Waals surface area contributed by atoms with Gasteiger partial charge in [0.05, 0.1) is 5.69 Å². The van der Waals surface area contributed by atoms with Gasteiger partial charge in [-0.15, -0.1) is 0 Å². The minimum atomic E-state index is -0.101. The fourth-order valence-electron chi connectivity index (χ4n) is 3.22. The molecule has 0 fully saturated rings. The summed E-state index contributed by atoms with van der Waals surface area (Å²) in [5.74, 6) is -0.101. The average molecular weight is 306 g/mol. The van der Waals surface area contributed by atoms with Gasteiger partial charge in [0.15, 0.2) is 0 Å². The van der Waals surface area contributed by atoms with Gasteiger partial charge in [-0.2, -0.15) is 5.10 Å². The Bertz CT molecular complexity index is 836. The SMILES string of the molecule is Cn1cccc1-c1cc(C(=O)NC2Cc3ccccc3C2)[nH]n1. The van der Waals surface area contributed by atoms with Crippen LogP contribution in [0.5, 0.6) is 0 Å². The van der Waals surface area contributed by atoms with E-state index in [1.165, 1.54) is 11.1 Å². The standard InChI is InChI=1S/C18H18N4O/c1-22-8-4-7-17(22)15-11-16(21-20-15)18(23)19-14-9-12-5-2-3-6-13(12)10-14/h2-8,11,14H,9-10H2,1H3,(H,19,23)(H,20,21). The predicted molar refractivity (Wildman–Crippen MR) is 88.1 cm³/mol. The van der Waals surface area contributed by atoms with Crippen molar-refractivity contribution in [2.75, 3.05) is 0 Å². The zero-order valence-electron chi connectivity index (χ0n) is 12.9. The lowest BCUT2D eigenvalue weighted by Crippen LogP contribution is -2.35. The van der Waals surface area contributed by atoms with Crippen molar-refractivity contribution in [2.24, 2.45) is 7.05 Å². The number of benzene rings is 1. The maximum Gasteiger partial charge on any atom is 0.269 e. The molecule has 0 saturated carbocycles. The number of H-pyrrole nitrogens is 1. The van der Waals surface area contributed by atoms with Crippen LogP contribution in [0.4, 0.5) is 0 Å². The Morgan fingerprint density at radius 3 is 2.61 bits per heavy atom. The summed E-state index contributed by atoms with van der Waals surface area (Å²) in [5.41, 5.74) is 4.90. The molecule has 1 amide bonds. The van der Waals surface area contributed by atoms with E-state index in [0.29, 0.717) is 5.69 Å². The van der Waals surface area contributed by atoms with E-state index in [1.54, 1.807) is 6.07 Å². The Morgan fingerprint density at radius 1 is 1.22 bits per heavy atom. The maximum absolute atomic E-state index is 12.4. The second-order valence-electron chi connectivity index (χ2n) is 6.02. The van der Waals surface area contributed by atoms with Gasteiger partial charge in [-0.05, 0) is 42.2 Å². The molecule has 5 heteroatoms. The van der Waals surface area contributed by atoms with Crippen LogP contribution in [0.3, 0.4) is 0 Å². The molecule has 0 saturated heterocycles. The molecule has 2 aromatic heterocycles. The van der Waals surface area contributed by atoms with E-state index in [0.717, 1.165) is 24.2 Å². The number of nitrogens with one attached hydrogen (secondary N) is 2. The monoisotopic (exact) mass is 306 g/mol. The topological polar surface area (TPSA) is 62.7 Å². The summed E-state index contributed by atoms with van der Waals surface area (Å²) in [6.07, 6.45) is 3.74. The molecule has 0 unspecified atom stereocenters. The third-order valence-corrected chi connectivity index (χ3v) is 4.41. The number of fused-ring (bicyclic) bond motifs is 1. The number of nitrogens with zero attached hydrogens (tertiary/aromatic N) is 2. The molecule has 3 aromatic rings. The Hall–Kier alpha value is -2.82. The first-order chi connectivity index (χ1) is 11.2. The van der Waals surface area contributed by atoms with Crippen LogP contribution in [0.1, 0.15) is 21.6 Å². The lowest BCUT2D eigenvalue weighted by molar-refractivity contribution is 0.0933. The minimum Gasteiger partial charge on any atom is -0.349 e. The molecule has 0 bridgehead atoms. The lowest BCUT2D eigenvalue weighted by atomic mass is 10.1. The molecule has 1 aliphatic carbocycles. The van der Waals surface area contributed by atoms with Crippen molar-refractivity contribution < 1.29 is 4.79 Å². The number of hydrogen-bond acceptors (Lipinski definition) is 2. The molecule has 5 nitrogen and oxygen atoms in total. The third kappa shape index (κ3) is 2.54. The van der Waals surface area contributed by atoms with Gasteiger partial charge in [-0.1, -0.05) is 24.3 Å².